The molecule has 1 fully saturated rings. The monoisotopic (exact) mass is 442 g/mol. The van der Waals surface area contributed by atoms with Crippen LogP contribution < -0.4 is 4.74 Å². The first-order valence-corrected chi connectivity index (χ1v) is 13.2. The number of unbranched alkanes of at least 4 members (excludes halogenated alkanes) is 3. The lowest BCUT2D eigenvalue weighted by Gasteiger charge is -2.19. The molecule has 0 spiro atoms. The molecule has 0 N–H and O–H groups in total. The van der Waals surface area contributed by atoms with Crippen LogP contribution in [0.25, 0.3) is 5.53 Å². The molecule has 7 nitrogen and oxygen atoms in total. The molecule has 1 aliphatic carbocycles. The van der Waals surface area contributed by atoms with E-state index < -0.39 is 29.3 Å². The highest BCUT2D eigenvalue weighted by Crippen LogP contribution is 2.31. The molecular weight excluding hydrogens is 412 g/mol. The fraction of sp³-hybridized carbons (Fsp3) is 0.650. The first-order chi connectivity index (χ1) is 13.7. The van der Waals surface area contributed by atoms with Gasteiger partial charge in [-0.1, -0.05) is 51.5 Å². The molecule has 1 aromatic rings. The van der Waals surface area contributed by atoms with Crippen LogP contribution in [-0.4, -0.2) is 37.9 Å². The van der Waals surface area contributed by atoms with E-state index in [1.807, 2.05) is 0 Å². The first-order valence-electron chi connectivity index (χ1n) is 10.2. The highest BCUT2D eigenvalue weighted by molar-refractivity contribution is 8.31. The molecule has 0 radical (unpaired) electrons. The smallest absolute Gasteiger partial charge is 0.492 e. The van der Waals surface area contributed by atoms with Crippen molar-refractivity contribution in [2.45, 2.75) is 81.8 Å². The van der Waals surface area contributed by atoms with Gasteiger partial charge in [0.2, 0.25) is 0 Å². The summed E-state index contributed by atoms with van der Waals surface area (Å²) < 4.78 is 56.8. The highest BCUT2D eigenvalue weighted by Gasteiger charge is 2.48. The number of aryl methyl sites for hydroxylation is 1. The average Bonchev–Trinajstić information content (AvgIpc) is 2.69. The van der Waals surface area contributed by atoms with Gasteiger partial charge in [-0.25, -0.2) is 16.8 Å². The van der Waals surface area contributed by atoms with Crippen LogP contribution in [0.3, 0.4) is 0 Å². The summed E-state index contributed by atoms with van der Waals surface area (Å²) >= 11 is 0. The minimum Gasteiger partial charge on any atom is -0.492 e. The molecule has 29 heavy (non-hydrogen) atoms. The fourth-order valence-electron chi connectivity index (χ4n) is 3.53. The van der Waals surface area contributed by atoms with E-state index in [4.69, 9.17) is 4.74 Å². The van der Waals surface area contributed by atoms with Crippen molar-refractivity contribution in [2.24, 2.45) is 0 Å². The van der Waals surface area contributed by atoms with Gasteiger partial charge in [0.15, 0.2) is 0 Å². The van der Waals surface area contributed by atoms with E-state index in [1.54, 1.807) is 13.0 Å². The van der Waals surface area contributed by atoms with Gasteiger partial charge in [-0.2, -0.15) is 0 Å². The maximum Gasteiger partial charge on any atom is 0.500 e. The summed E-state index contributed by atoms with van der Waals surface area (Å²) in [5.41, 5.74) is 10.0. The first kappa shape index (κ1) is 23.6. The third-order valence-corrected chi connectivity index (χ3v) is 9.90. The van der Waals surface area contributed by atoms with E-state index in [9.17, 15) is 22.4 Å². The Balaban J connectivity index is 2.37. The summed E-state index contributed by atoms with van der Waals surface area (Å²) in [6.07, 6.45) is 6.92. The standard InChI is InChI=1S/C20H30N2O5S2/c1-3-4-5-9-14-27-18-13-12-16(2)15-19(18)29(25,26)20(22-21)28(23,24)17-10-7-6-8-11-17/h12-13,15,17H,3-11,14H2,1-2H3. The molecule has 1 saturated carbocycles. The lowest BCUT2D eigenvalue weighted by atomic mass is 10.0. The van der Waals surface area contributed by atoms with Crippen molar-refractivity contribution < 1.29 is 26.4 Å². The Kier molecular flexibility index (Phi) is 8.43. The number of ether oxygens (including phenoxy) is 1. The molecule has 0 bridgehead atoms. The Morgan fingerprint density at radius 1 is 1.10 bits per heavy atom. The van der Waals surface area contributed by atoms with E-state index in [2.05, 4.69) is 11.7 Å². The van der Waals surface area contributed by atoms with Gasteiger partial charge in [-0.05, 0) is 43.9 Å². The van der Waals surface area contributed by atoms with E-state index in [1.165, 1.54) is 12.1 Å². The zero-order chi connectivity index (χ0) is 21.5. The third kappa shape index (κ3) is 5.68. The summed E-state index contributed by atoms with van der Waals surface area (Å²) in [6.45, 7) is 4.12. The van der Waals surface area contributed by atoms with Crippen LogP contribution in [-0.2, 0) is 19.7 Å². The van der Waals surface area contributed by atoms with Crippen LogP contribution in [0.5, 0.6) is 5.75 Å². The van der Waals surface area contributed by atoms with Gasteiger partial charge < -0.3 is 10.3 Å². The van der Waals surface area contributed by atoms with Crippen LogP contribution in [0.4, 0.5) is 0 Å². The lowest BCUT2D eigenvalue weighted by Crippen LogP contribution is -2.35. The molecule has 0 heterocycles. The Morgan fingerprint density at radius 2 is 1.79 bits per heavy atom. The second-order valence-corrected chi connectivity index (χ2v) is 11.8. The number of benzene rings is 1. The molecule has 1 aliphatic rings. The van der Waals surface area contributed by atoms with Gasteiger partial charge in [0.05, 0.1) is 11.9 Å². The highest BCUT2D eigenvalue weighted by atomic mass is 32.3. The Hall–Kier alpha value is -1.70. The van der Waals surface area contributed by atoms with Gasteiger partial charge in [-0.15, -0.1) is 4.79 Å². The zero-order valence-corrected chi connectivity index (χ0v) is 18.8. The van der Waals surface area contributed by atoms with Crippen molar-refractivity contribution >= 4 is 24.1 Å². The molecule has 1 aromatic carbocycles. The number of sulfone groups is 2. The van der Waals surface area contributed by atoms with Crippen LogP contribution in [0.2, 0.25) is 0 Å². The molecular formula is C20H30N2O5S2. The van der Waals surface area contributed by atoms with Crippen LogP contribution in [0.15, 0.2) is 23.1 Å². The van der Waals surface area contributed by atoms with E-state index in [0.29, 0.717) is 37.9 Å². The summed E-state index contributed by atoms with van der Waals surface area (Å²) in [7, 11) is -8.86. The van der Waals surface area contributed by atoms with Crippen molar-refractivity contribution in [1.29, 1.82) is 0 Å². The van der Waals surface area contributed by atoms with Crippen molar-refractivity contribution in [3.8, 4) is 5.75 Å². The average molecular weight is 443 g/mol. The predicted octanol–water partition coefficient (Wildman–Crippen LogP) is 4.06. The van der Waals surface area contributed by atoms with Crippen molar-refractivity contribution in [3.63, 3.8) is 0 Å². The Bertz CT molecular complexity index is 959. The molecule has 9 heteroatoms. The van der Waals surface area contributed by atoms with Crippen molar-refractivity contribution in [2.75, 3.05) is 6.61 Å². The molecule has 0 saturated heterocycles. The van der Waals surface area contributed by atoms with Gasteiger partial charge in [0.1, 0.15) is 10.6 Å². The molecule has 162 valence electrons. The molecule has 0 atom stereocenters. The maximum atomic E-state index is 13.2. The number of rotatable bonds is 8. The second kappa shape index (κ2) is 10.4. The van der Waals surface area contributed by atoms with Crippen LogP contribution >= 0.6 is 0 Å². The second-order valence-electron chi connectivity index (χ2n) is 7.53. The summed E-state index contributed by atoms with van der Waals surface area (Å²) in [5, 5.41) is -0.847. The molecule has 0 amide bonds. The quantitative estimate of drug-likeness (QED) is 0.198. The van der Waals surface area contributed by atoms with Gasteiger partial charge in [0, 0.05) is 0 Å². The van der Waals surface area contributed by atoms with Gasteiger partial charge in [-0.3, -0.25) is 0 Å². The lowest BCUT2D eigenvalue weighted by molar-refractivity contribution is 0.00368. The molecule has 0 unspecified atom stereocenters. The summed E-state index contributed by atoms with van der Waals surface area (Å²) in [4.78, 5) is 2.48. The maximum absolute atomic E-state index is 13.2. The third-order valence-electron chi connectivity index (χ3n) is 5.19. The number of nitrogens with zero attached hydrogens (tertiary/aromatic N) is 2. The largest absolute Gasteiger partial charge is 0.500 e. The van der Waals surface area contributed by atoms with E-state index >= 15 is 0 Å². The van der Waals surface area contributed by atoms with E-state index in [-0.39, 0.29) is 10.6 Å². The minimum atomic E-state index is -4.57. The normalized spacial score (nSPS) is 15.7. The Morgan fingerprint density at radius 3 is 2.41 bits per heavy atom. The van der Waals surface area contributed by atoms with Gasteiger partial charge >= 0.3 is 4.38 Å². The topological polar surface area (TPSA) is 114 Å². The van der Waals surface area contributed by atoms with Crippen molar-refractivity contribution in [1.82, 2.24) is 0 Å². The molecule has 2 rings (SSSR count). The summed E-state index contributed by atoms with van der Waals surface area (Å²) in [6, 6.07) is 4.58. The summed E-state index contributed by atoms with van der Waals surface area (Å²) in [5.74, 6) is 0.0760. The number of hydrogen-bond donors (Lipinski definition) is 0. The van der Waals surface area contributed by atoms with E-state index in [0.717, 1.165) is 32.1 Å². The molecule has 0 aliphatic heterocycles. The SMILES string of the molecule is CCCCCCOc1ccc(C)cc1S(=O)(=O)C(=[N+]=[N-])S(=O)(=O)C1CCCCC1. The predicted molar refractivity (Wildman–Crippen MR) is 112 cm³/mol. The van der Waals surface area contributed by atoms with Crippen LogP contribution in [0.1, 0.15) is 70.3 Å². The van der Waals surface area contributed by atoms with Gasteiger partial charge in [0.25, 0.3) is 19.7 Å². The fourth-order valence-corrected chi connectivity index (χ4v) is 7.81. The molecule has 0 aromatic heterocycles. The zero-order valence-electron chi connectivity index (χ0n) is 17.1. The Labute approximate surface area is 173 Å². The minimum absolute atomic E-state index is 0.0760. The van der Waals surface area contributed by atoms with Crippen molar-refractivity contribution in [3.05, 3.63) is 29.3 Å². The number of hydrogen-bond acceptors (Lipinski definition) is 5. The van der Waals surface area contributed by atoms with Crippen LogP contribution in [0, 0.1) is 6.92 Å².